The molecule has 2 aliphatic rings. The SMILES string of the molecule is Cc1sc(NC(=O)[C@H]2CC(=O)N(C3CCCC3)C2)c(C#N)c1C. The van der Waals surface area contributed by atoms with Gasteiger partial charge in [-0.3, -0.25) is 9.59 Å². The molecule has 2 amide bonds. The number of thiophene rings is 1. The van der Waals surface area contributed by atoms with Gasteiger partial charge in [0.25, 0.3) is 0 Å². The van der Waals surface area contributed by atoms with Gasteiger partial charge < -0.3 is 10.2 Å². The third kappa shape index (κ3) is 2.98. The summed E-state index contributed by atoms with van der Waals surface area (Å²) in [7, 11) is 0. The smallest absolute Gasteiger partial charge is 0.230 e. The van der Waals surface area contributed by atoms with Crippen LogP contribution in [0.15, 0.2) is 0 Å². The number of nitrogens with one attached hydrogen (secondary N) is 1. The van der Waals surface area contributed by atoms with Gasteiger partial charge in [-0.2, -0.15) is 5.26 Å². The van der Waals surface area contributed by atoms with Crippen LogP contribution < -0.4 is 5.32 Å². The molecule has 122 valence electrons. The van der Waals surface area contributed by atoms with Crippen molar-refractivity contribution in [1.29, 1.82) is 5.26 Å². The van der Waals surface area contributed by atoms with Gasteiger partial charge >= 0.3 is 0 Å². The summed E-state index contributed by atoms with van der Waals surface area (Å²) < 4.78 is 0. The maximum atomic E-state index is 12.5. The third-order valence-corrected chi connectivity index (χ3v) is 6.15. The Hall–Kier alpha value is -1.87. The number of hydrogen-bond acceptors (Lipinski definition) is 4. The third-order valence-electron chi connectivity index (χ3n) is 5.03. The summed E-state index contributed by atoms with van der Waals surface area (Å²) in [6, 6.07) is 2.48. The van der Waals surface area contributed by atoms with Crippen molar-refractivity contribution in [3.05, 3.63) is 16.0 Å². The van der Waals surface area contributed by atoms with Crippen LogP contribution in [0, 0.1) is 31.1 Å². The van der Waals surface area contributed by atoms with E-state index in [1.807, 2.05) is 18.7 Å². The highest BCUT2D eigenvalue weighted by Crippen LogP contribution is 2.34. The van der Waals surface area contributed by atoms with Gasteiger partial charge in [0.2, 0.25) is 11.8 Å². The summed E-state index contributed by atoms with van der Waals surface area (Å²) in [5, 5.41) is 12.7. The minimum absolute atomic E-state index is 0.0936. The summed E-state index contributed by atoms with van der Waals surface area (Å²) in [6.45, 7) is 4.35. The molecule has 1 N–H and O–H groups in total. The Bertz CT molecular complexity index is 683. The minimum Gasteiger partial charge on any atom is -0.339 e. The summed E-state index contributed by atoms with van der Waals surface area (Å²) in [5.74, 6) is -0.356. The molecule has 0 aromatic carbocycles. The number of anilines is 1. The summed E-state index contributed by atoms with van der Waals surface area (Å²) in [6.07, 6.45) is 4.74. The molecule has 1 aliphatic heterocycles. The van der Waals surface area contributed by atoms with Gasteiger partial charge in [0.05, 0.1) is 11.5 Å². The molecule has 2 heterocycles. The van der Waals surface area contributed by atoms with Crippen molar-refractivity contribution in [2.75, 3.05) is 11.9 Å². The quantitative estimate of drug-likeness (QED) is 0.925. The Morgan fingerprint density at radius 1 is 1.35 bits per heavy atom. The number of nitrogens with zero attached hydrogens (tertiary/aromatic N) is 2. The average Bonchev–Trinajstić information content (AvgIpc) is 3.20. The second-order valence-corrected chi connectivity index (χ2v) is 7.70. The average molecular weight is 331 g/mol. The molecule has 0 spiro atoms. The zero-order chi connectivity index (χ0) is 16.6. The van der Waals surface area contributed by atoms with E-state index in [-0.39, 0.29) is 24.2 Å². The van der Waals surface area contributed by atoms with E-state index in [1.165, 1.54) is 24.2 Å². The van der Waals surface area contributed by atoms with Crippen LogP contribution in [0.2, 0.25) is 0 Å². The highest BCUT2D eigenvalue weighted by atomic mass is 32.1. The lowest BCUT2D eigenvalue weighted by atomic mass is 10.1. The van der Waals surface area contributed by atoms with Crippen LogP contribution in [-0.4, -0.2) is 29.3 Å². The monoisotopic (exact) mass is 331 g/mol. The van der Waals surface area contributed by atoms with Crippen molar-refractivity contribution in [1.82, 2.24) is 4.90 Å². The Labute approximate surface area is 140 Å². The fourth-order valence-electron chi connectivity index (χ4n) is 3.54. The molecule has 0 radical (unpaired) electrons. The van der Waals surface area contributed by atoms with Crippen molar-refractivity contribution in [3.8, 4) is 6.07 Å². The molecule has 23 heavy (non-hydrogen) atoms. The number of carbonyl (C=O) groups is 2. The zero-order valence-electron chi connectivity index (χ0n) is 13.5. The first kappa shape index (κ1) is 16.0. The van der Waals surface area contributed by atoms with Gasteiger partial charge in [0.15, 0.2) is 0 Å². The lowest BCUT2D eigenvalue weighted by Gasteiger charge is -2.23. The fourth-order valence-corrected chi connectivity index (χ4v) is 4.55. The normalized spacial score (nSPS) is 21.7. The van der Waals surface area contributed by atoms with E-state index in [9.17, 15) is 14.9 Å². The van der Waals surface area contributed by atoms with E-state index >= 15 is 0 Å². The Kier molecular flexibility index (Phi) is 4.40. The molecule has 1 aromatic rings. The fraction of sp³-hybridized carbons (Fsp3) is 0.588. The summed E-state index contributed by atoms with van der Waals surface area (Å²) >= 11 is 1.43. The van der Waals surface area contributed by atoms with Crippen LogP contribution >= 0.6 is 11.3 Å². The molecule has 5 nitrogen and oxygen atoms in total. The molecule has 1 aromatic heterocycles. The molecule has 1 aliphatic carbocycles. The van der Waals surface area contributed by atoms with E-state index < -0.39 is 0 Å². The number of amides is 2. The second-order valence-electron chi connectivity index (χ2n) is 6.47. The Balaban J connectivity index is 1.69. The van der Waals surface area contributed by atoms with E-state index in [2.05, 4.69) is 11.4 Å². The molecule has 0 unspecified atom stereocenters. The number of carbonyl (C=O) groups excluding carboxylic acids is 2. The first-order valence-electron chi connectivity index (χ1n) is 8.11. The van der Waals surface area contributed by atoms with Gasteiger partial charge in [-0.25, -0.2) is 0 Å². The highest BCUT2D eigenvalue weighted by molar-refractivity contribution is 7.16. The predicted molar refractivity (Wildman–Crippen MR) is 89.2 cm³/mol. The summed E-state index contributed by atoms with van der Waals surface area (Å²) in [4.78, 5) is 27.7. The van der Waals surface area contributed by atoms with E-state index in [0.717, 1.165) is 23.3 Å². The van der Waals surface area contributed by atoms with E-state index in [1.54, 1.807) is 0 Å². The topological polar surface area (TPSA) is 73.2 Å². The van der Waals surface area contributed by atoms with Crippen molar-refractivity contribution < 1.29 is 9.59 Å². The molecular formula is C17H21N3O2S. The zero-order valence-corrected chi connectivity index (χ0v) is 14.3. The van der Waals surface area contributed by atoms with Crippen LogP contribution in [0.25, 0.3) is 0 Å². The highest BCUT2D eigenvalue weighted by Gasteiger charge is 2.38. The van der Waals surface area contributed by atoms with Crippen LogP contribution in [0.4, 0.5) is 5.00 Å². The number of likely N-dealkylation sites (tertiary alicyclic amines) is 1. The van der Waals surface area contributed by atoms with Gasteiger partial charge in [-0.1, -0.05) is 12.8 Å². The van der Waals surface area contributed by atoms with Crippen molar-refractivity contribution >= 4 is 28.2 Å². The lowest BCUT2D eigenvalue weighted by molar-refractivity contribution is -0.129. The minimum atomic E-state index is -0.308. The molecule has 6 heteroatoms. The largest absolute Gasteiger partial charge is 0.339 e. The number of nitriles is 1. The van der Waals surface area contributed by atoms with Crippen LogP contribution in [-0.2, 0) is 9.59 Å². The number of hydrogen-bond donors (Lipinski definition) is 1. The Morgan fingerprint density at radius 2 is 2.04 bits per heavy atom. The second kappa shape index (κ2) is 6.32. The van der Waals surface area contributed by atoms with Gasteiger partial charge in [-0.05, 0) is 32.3 Å². The molecule has 3 rings (SSSR count). The van der Waals surface area contributed by atoms with E-state index in [0.29, 0.717) is 23.2 Å². The van der Waals surface area contributed by atoms with Crippen LogP contribution in [0.3, 0.4) is 0 Å². The van der Waals surface area contributed by atoms with Crippen molar-refractivity contribution in [2.24, 2.45) is 5.92 Å². The lowest BCUT2D eigenvalue weighted by Crippen LogP contribution is -2.35. The van der Waals surface area contributed by atoms with Crippen molar-refractivity contribution in [2.45, 2.75) is 52.0 Å². The van der Waals surface area contributed by atoms with Crippen LogP contribution in [0.5, 0.6) is 0 Å². The van der Waals surface area contributed by atoms with Gasteiger partial charge in [-0.15, -0.1) is 11.3 Å². The molecule has 2 fully saturated rings. The maximum Gasteiger partial charge on any atom is 0.230 e. The summed E-state index contributed by atoms with van der Waals surface area (Å²) in [5.41, 5.74) is 1.46. The first-order chi connectivity index (χ1) is 11.0. The molecule has 1 saturated carbocycles. The van der Waals surface area contributed by atoms with E-state index in [4.69, 9.17) is 0 Å². The van der Waals surface area contributed by atoms with Gasteiger partial charge in [0.1, 0.15) is 11.1 Å². The maximum absolute atomic E-state index is 12.5. The van der Waals surface area contributed by atoms with Crippen LogP contribution in [0.1, 0.15) is 48.1 Å². The molecule has 0 bridgehead atoms. The molecule has 1 saturated heterocycles. The number of aryl methyl sites for hydroxylation is 1. The standard InChI is InChI=1S/C17H21N3O2S/c1-10-11(2)23-17(14(10)8-18)19-16(22)12-7-15(21)20(9-12)13-5-3-4-6-13/h12-13H,3-7,9H2,1-2H3,(H,19,22)/t12-/m0/s1. The predicted octanol–water partition coefficient (Wildman–Crippen LogP) is 2.97. The first-order valence-corrected chi connectivity index (χ1v) is 8.93. The molecule has 1 atom stereocenters. The number of rotatable bonds is 3. The van der Waals surface area contributed by atoms with Gasteiger partial charge in [0, 0.05) is 23.9 Å². The molecular weight excluding hydrogens is 310 g/mol. The van der Waals surface area contributed by atoms with Crippen molar-refractivity contribution in [3.63, 3.8) is 0 Å². The Morgan fingerprint density at radius 3 is 2.70 bits per heavy atom.